The molecule has 0 heterocycles. The number of phenols is 4. The Hall–Kier alpha value is -6.84. The number of rotatable bonds is 10. The van der Waals surface area contributed by atoms with Crippen LogP contribution in [-0.2, 0) is 9.13 Å². The van der Waals surface area contributed by atoms with Crippen molar-refractivity contribution in [3.8, 4) is 51.7 Å². The molecule has 56 heavy (non-hydrogen) atoms. The summed E-state index contributed by atoms with van der Waals surface area (Å²) in [4.78, 5) is 9.53. The monoisotopic (exact) mass is 796 g/mol. The molecule has 12 nitrogen and oxygen atoms in total. The van der Waals surface area contributed by atoms with Gasteiger partial charge in [-0.1, -0.05) is 103 Å². The van der Waals surface area contributed by atoms with Gasteiger partial charge in [0.1, 0.15) is 51.7 Å². The van der Waals surface area contributed by atoms with Crippen molar-refractivity contribution in [1.82, 2.24) is 0 Å². The van der Waals surface area contributed by atoms with Crippen LogP contribution in [0.15, 0.2) is 200 Å². The first kappa shape index (κ1) is 41.9. The van der Waals surface area contributed by atoms with Gasteiger partial charge in [-0.25, -0.2) is 4.57 Å². The van der Waals surface area contributed by atoms with Crippen LogP contribution in [0.1, 0.15) is 0 Å². The third-order valence-corrected chi connectivity index (χ3v) is 8.66. The molecule has 0 atom stereocenters. The van der Waals surface area contributed by atoms with E-state index in [-0.39, 0.29) is 34.5 Å². The summed E-state index contributed by atoms with van der Waals surface area (Å²) >= 11 is 0. The molecular weight excluding hydrogens is 758 g/mol. The van der Waals surface area contributed by atoms with E-state index in [0.29, 0.717) is 17.2 Å². The average molecular weight is 797 g/mol. The number of hydrogen-bond acceptors (Lipinski definition) is 11. The van der Waals surface area contributed by atoms with E-state index in [1.54, 1.807) is 146 Å². The summed E-state index contributed by atoms with van der Waals surface area (Å²) in [6.45, 7) is 0. The number of hydrogen-bond donors (Lipinski definition) is 5. The number of benzene rings is 7. The maximum absolute atomic E-state index is 13.1. The maximum atomic E-state index is 13.1. The number of aromatic hydroxyl groups is 4. The molecule has 0 fully saturated rings. The van der Waals surface area contributed by atoms with Crippen molar-refractivity contribution in [3.05, 3.63) is 200 Å². The van der Waals surface area contributed by atoms with Gasteiger partial charge in [-0.3, -0.25) is 4.89 Å². The highest BCUT2D eigenvalue weighted by molar-refractivity contribution is 7.49. The zero-order valence-electron chi connectivity index (χ0n) is 29.5. The lowest BCUT2D eigenvalue weighted by molar-refractivity contribution is 0.290. The van der Waals surface area contributed by atoms with Crippen LogP contribution in [0, 0.1) is 0 Å². The van der Waals surface area contributed by atoms with Crippen LogP contribution in [0.25, 0.3) is 0 Å². The van der Waals surface area contributed by atoms with Gasteiger partial charge in [-0.05, 0) is 84.9 Å². The van der Waals surface area contributed by atoms with Gasteiger partial charge in [0.25, 0.3) is 0 Å². The molecule has 0 amide bonds. The van der Waals surface area contributed by atoms with Gasteiger partial charge < -0.3 is 43.0 Å². The molecule has 7 rings (SSSR count). The quantitative estimate of drug-likeness (QED) is 0.0827. The second-order valence-corrected chi connectivity index (χ2v) is 13.7. The fourth-order valence-electron chi connectivity index (χ4n) is 4.12. The van der Waals surface area contributed by atoms with E-state index in [0.717, 1.165) is 0 Å². The molecule has 0 aromatic heterocycles. The van der Waals surface area contributed by atoms with Crippen molar-refractivity contribution in [2.75, 3.05) is 0 Å². The Morgan fingerprint density at radius 3 is 0.714 bits per heavy atom. The molecule has 0 aliphatic rings. The summed E-state index contributed by atoms with van der Waals surface area (Å²) in [5.41, 5.74) is 0. The van der Waals surface area contributed by atoms with Gasteiger partial charge in [-0.15, -0.1) is 0 Å². The molecule has 0 unspecified atom stereocenters. The van der Waals surface area contributed by atoms with E-state index in [1.165, 1.54) is 36.4 Å². The van der Waals surface area contributed by atoms with Crippen LogP contribution >= 0.6 is 15.6 Å². The zero-order chi connectivity index (χ0) is 40.1. The van der Waals surface area contributed by atoms with Crippen molar-refractivity contribution in [3.63, 3.8) is 0 Å². The lowest BCUT2D eigenvalue weighted by Crippen LogP contribution is -2.07. The Morgan fingerprint density at radius 1 is 0.304 bits per heavy atom. The molecule has 0 saturated carbocycles. The minimum Gasteiger partial charge on any atom is -0.508 e. The molecular formula is C42H38O12P2. The van der Waals surface area contributed by atoms with Crippen LogP contribution in [0.3, 0.4) is 0 Å². The lowest BCUT2D eigenvalue weighted by Gasteiger charge is -2.19. The number of phosphoric ester groups is 2. The van der Waals surface area contributed by atoms with Crippen LogP contribution in [-0.4, -0.2) is 25.3 Å². The van der Waals surface area contributed by atoms with Crippen LogP contribution < -0.4 is 22.6 Å². The highest BCUT2D eigenvalue weighted by Gasteiger charge is 2.33. The molecule has 5 N–H and O–H groups in total. The summed E-state index contributed by atoms with van der Waals surface area (Å²) in [5.74, 6) is 2.14. The number of para-hydroxylation sites is 5. The molecule has 0 aliphatic heterocycles. The summed E-state index contributed by atoms with van der Waals surface area (Å²) < 4.78 is 51.1. The fourth-order valence-corrected chi connectivity index (χ4v) is 6.19. The van der Waals surface area contributed by atoms with Gasteiger partial charge in [-0.2, -0.15) is 4.57 Å². The summed E-state index contributed by atoms with van der Waals surface area (Å²) in [5, 5.41) is 34.6. The molecule has 0 radical (unpaired) electrons. The van der Waals surface area contributed by atoms with Gasteiger partial charge in [0.2, 0.25) is 0 Å². The van der Waals surface area contributed by atoms with E-state index >= 15 is 0 Å². The number of phosphoric acid groups is 2. The average Bonchev–Trinajstić information content (AvgIpc) is 3.17. The molecule has 0 saturated heterocycles. The molecule has 7 aromatic rings. The van der Waals surface area contributed by atoms with Gasteiger partial charge in [0.15, 0.2) is 0 Å². The van der Waals surface area contributed by atoms with E-state index < -0.39 is 15.6 Å². The third kappa shape index (κ3) is 16.4. The fraction of sp³-hybridized carbons (Fsp3) is 0. The van der Waals surface area contributed by atoms with Crippen molar-refractivity contribution >= 4 is 15.6 Å². The SMILES string of the molecule is O=P(O)(Oc1ccccc1)Oc1ccccc1.O=P(Oc1ccccc1)(Oc1ccccc1)Oc1ccccc1.Oc1cccc(O)c1.Oc1cccc(O)c1. The van der Waals surface area contributed by atoms with E-state index in [2.05, 4.69) is 0 Å². The molecule has 0 spiro atoms. The normalized spacial score (nSPS) is 10.3. The van der Waals surface area contributed by atoms with Crippen molar-refractivity contribution < 1.29 is 57.1 Å². The first-order chi connectivity index (χ1) is 27.0. The Labute approximate surface area is 323 Å². The minimum absolute atomic E-state index is 0.0880. The van der Waals surface area contributed by atoms with Crippen molar-refractivity contribution in [2.45, 2.75) is 0 Å². The summed E-state index contributed by atoms with van der Waals surface area (Å²) in [6, 6.07) is 54.8. The Kier molecular flexibility index (Phi) is 16.3. The van der Waals surface area contributed by atoms with Crippen molar-refractivity contribution in [1.29, 1.82) is 0 Å². The van der Waals surface area contributed by atoms with E-state index in [1.807, 2.05) is 18.2 Å². The highest BCUT2D eigenvalue weighted by atomic mass is 31.2. The molecule has 0 bridgehead atoms. The third-order valence-electron chi connectivity index (χ3n) is 6.47. The second-order valence-electron chi connectivity index (χ2n) is 11.0. The van der Waals surface area contributed by atoms with Gasteiger partial charge >= 0.3 is 15.6 Å². The summed E-state index contributed by atoms with van der Waals surface area (Å²) in [7, 11) is -8.02. The molecule has 0 aliphatic carbocycles. The van der Waals surface area contributed by atoms with E-state index in [9.17, 15) is 14.0 Å². The predicted molar refractivity (Wildman–Crippen MR) is 212 cm³/mol. The molecule has 288 valence electrons. The maximum Gasteiger partial charge on any atom is 0.647 e. The van der Waals surface area contributed by atoms with Crippen molar-refractivity contribution in [2.24, 2.45) is 0 Å². The van der Waals surface area contributed by atoms with Gasteiger partial charge in [0, 0.05) is 12.1 Å². The van der Waals surface area contributed by atoms with Crippen LogP contribution in [0.2, 0.25) is 0 Å². The zero-order valence-corrected chi connectivity index (χ0v) is 31.3. The highest BCUT2D eigenvalue weighted by Crippen LogP contribution is 2.49. The number of phenolic OH excluding ortho intramolecular Hbond substituents is 4. The second kappa shape index (κ2) is 21.8. The standard InChI is InChI=1S/C18H15O4P.C12H11O4P.2C6H6O2/c19-23(20-16-10-4-1-5-11-16,21-17-12-6-2-7-13-17)22-18-14-8-3-9-15-18;13-17(14,15-11-7-3-1-4-8-11)16-12-9-5-2-6-10-12;2*7-5-2-1-3-6(8)4-5/h1-15H;1-10H,(H,13,14);2*1-4,7-8H. The van der Waals surface area contributed by atoms with Crippen LogP contribution in [0.4, 0.5) is 0 Å². The minimum atomic E-state index is -4.14. The molecule has 14 heteroatoms. The smallest absolute Gasteiger partial charge is 0.508 e. The summed E-state index contributed by atoms with van der Waals surface area (Å²) in [6.07, 6.45) is 0. The topological polar surface area (TPSA) is 181 Å². The first-order valence-electron chi connectivity index (χ1n) is 16.6. The van der Waals surface area contributed by atoms with E-state index in [4.69, 9.17) is 43.0 Å². The van der Waals surface area contributed by atoms with Crippen LogP contribution in [0.5, 0.6) is 51.7 Å². The predicted octanol–water partition coefficient (Wildman–Crippen LogP) is 10.8. The molecule has 7 aromatic carbocycles. The van der Waals surface area contributed by atoms with Gasteiger partial charge in [0.05, 0.1) is 0 Å². The Bertz CT molecular complexity index is 2020. The largest absolute Gasteiger partial charge is 0.647 e. The first-order valence-corrected chi connectivity index (χ1v) is 19.5. The Morgan fingerprint density at radius 2 is 0.518 bits per heavy atom. The Balaban J connectivity index is 0.000000183. The lowest BCUT2D eigenvalue weighted by atomic mass is 10.3.